The highest BCUT2D eigenvalue weighted by atomic mass is 35.5. The van der Waals surface area contributed by atoms with Gasteiger partial charge >= 0.3 is 0 Å². The summed E-state index contributed by atoms with van der Waals surface area (Å²) in [7, 11) is 0. The van der Waals surface area contributed by atoms with Crippen molar-refractivity contribution >= 4 is 29.2 Å². The summed E-state index contributed by atoms with van der Waals surface area (Å²) in [5.74, 6) is -0.155. The fourth-order valence-electron chi connectivity index (χ4n) is 2.43. The van der Waals surface area contributed by atoms with Crippen LogP contribution in [-0.2, 0) is 0 Å². The molecule has 1 aromatic heterocycles. The molecule has 2 aromatic carbocycles. The maximum absolute atomic E-state index is 12.5. The van der Waals surface area contributed by atoms with Crippen LogP contribution in [0, 0.1) is 13.8 Å². The van der Waals surface area contributed by atoms with Gasteiger partial charge in [0.25, 0.3) is 0 Å². The number of fused-ring (bicyclic) bond motifs is 1. The van der Waals surface area contributed by atoms with Crippen molar-refractivity contribution in [1.82, 2.24) is 0 Å². The molecule has 3 nitrogen and oxygen atoms in total. The third-order valence-corrected chi connectivity index (χ3v) is 3.60. The summed E-state index contributed by atoms with van der Waals surface area (Å²) in [6.07, 6.45) is 0. The first kappa shape index (κ1) is 16.0. The Kier molecular flexibility index (Phi) is 4.48. The minimum Gasteiger partial charge on any atom is -0.452 e. The second-order valence-electron chi connectivity index (χ2n) is 5.03. The Balaban J connectivity index is 0.00000176. The number of hydrogen-bond donors (Lipinski definition) is 0. The fourth-order valence-corrected chi connectivity index (χ4v) is 2.43. The number of ketones is 1. The summed E-state index contributed by atoms with van der Waals surface area (Å²) in [6.45, 7) is 3.49. The molecule has 22 heavy (non-hydrogen) atoms. The van der Waals surface area contributed by atoms with Crippen molar-refractivity contribution in [2.45, 2.75) is 13.8 Å². The first-order valence-electron chi connectivity index (χ1n) is 6.72. The number of aryl methyl sites for hydroxylation is 1. The average molecular weight is 315 g/mol. The Morgan fingerprint density at radius 3 is 2.32 bits per heavy atom. The van der Waals surface area contributed by atoms with Crippen molar-refractivity contribution < 1.29 is 9.21 Å². The summed E-state index contributed by atoms with van der Waals surface area (Å²) < 4.78 is 5.72. The normalized spacial score (nSPS) is 10.3. The highest BCUT2D eigenvalue weighted by Gasteiger charge is 2.19. The van der Waals surface area contributed by atoms with Gasteiger partial charge in [0.05, 0.1) is 5.39 Å². The van der Waals surface area contributed by atoms with Crippen LogP contribution in [-0.4, -0.2) is 5.78 Å². The summed E-state index contributed by atoms with van der Waals surface area (Å²) >= 11 is 0. The second-order valence-corrected chi connectivity index (χ2v) is 5.03. The number of rotatable bonds is 2. The predicted molar refractivity (Wildman–Crippen MR) is 89.1 cm³/mol. The van der Waals surface area contributed by atoms with Gasteiger partial charge in [0.1, 0.15) is 5.58 Å². The maximum atomic E-state index is 12.5. The van der Waals surface area contributed by atoms with E-state index in [0.29, 0.717) is 22.1 Å². The number of hydrogen-bond acceptors (Lipinski definition) is 3. The average Bonchev–Trinajstić information content (AvgIpc) is 2.51. The zero-order valence-electron chi connectivity index (χ0n) is 12.3. The SMILES string of the molecule is Cc1c(C(=O)c2ccccc2)oc2cccc(C)c2c1=O.Cl. The lowest BCUT2D eigenvalue weighted by atomic mass is 10.0. The van der Waals surface area contributed by atoms with E-state index in [1.54, 1.807) is 37.3 Å². The maximum Gasteiger partial charge on any atom is 0.228 e. The Morgan fingerprint density at radius 1 is 0.955 bits per heavy atom. The first-order chi connectivity index (χ1) is 10.1. The number of halogens is 1. The van der Waals surface area contributed by atoms with Crippen LogP contribution in [0.15, 0.2) is 57.7 Å². The molecule has 0 spiro atoms. The molecule has 1 heterocycles. The van der Waals surface area contributed by atoms with Crippen LogP contribution in [0.5, 0.6) is 0 Å². The van der Waals surface area contributed by atoms with Gasteiger partial charge in [-0.2, -0.15) is 0 Å². The lowest BCUT2D eigenvalue weighted by Gasteiger charge is -2.07. The van der Waals surface area contributed by atoms with E-state index in [-0.39, 0.29) is 29.4 Å². The summed E-state index contributed by atoms with van der Waals surface area (Å²) in [4.78, 5) is 25.0. The molecule has 0 N–H and O–H groups in total. The van der Waals surface area contributed by atoms with Crippen LogP contribution in [0.25, 0.3) is 11.0 Å². The Morgan fingerprint density at radius 2 is 1.64 bits per heavy atom. The van der Waals surface area contributed by atoms with Crippen molar-refractivity contribution in [2.24, 2.45) is 0 Å². The van der Waals surface area contributed by atoms with Crippen LogP contribution < -0.4 is 5.43 Å². The standard InChI is InChI=1S/C18H14O3.ClH/c1-11-7-6-10-14-15(11)16(19)12(2)18(21-14)17(20)13-8-4-3-5-9-13;/h3-10H,1-2H3;1H. The number of benzene rings is 2. The number of carbonyl (C=O) groups excluding carboxylic acids is 1. The van der Waals surface area contributed by atoms with E-state index in [2.05, 4.69) is 0 Å². The van der Waals surface area contributed by atoms with Crippen molar-refractivity contribution in [1.29, 1.82) is 0 Å². The van der Waals surface area contributed by atoms with Gasteiger partial charge in [0.15, 0.2) is 11.2 Å². The molecule has 0 radical (unpaired) electrons. The highest BCUT2D eigenvalue weighted by Crippen LogP contribution is 2.20. The van der Waals surface area contributed by atoms with Gasteiger partial charge in [-0.25, -0.2) is 0 Å². The molecule has 0 saturated heterocycles. The van der Waals surface area contributed by atoms with Gasteiger partial charge in [-0.1, -0.05) is 42.5 Å². The van der Waals surface area contributed by atoms with Crippen molar-refractivity contribution in [2.75, 3.05) is 0 Å². The summed E-state index contributed by atoms with van der Waals surface area (Å²) in [5, 5.41) is 0.541. The Labute approximate surface area is 134 Å². The van der Waals surface area contributed by atoms with E-state index < -0.39 is 0 Å². The van der Waals surface area contributed by atoms with Gasteiger partial charge in [-0.05, 0) is 25.5 Å². The van der Waals surface area contributed by atoms with E-state index >= 15 is 0 Å². The van der Waals surface area contributed by atoms with Crippen LogP contribution in [0.3, 0.4) is 0 Å². The van der Waals surface area contributed by atoms with E-state index in [1.807, 2.05) is 25.1 Å². The van der Waals surface area contributed by atoms with Crippen molar-refractivity contribution in [3.05, 3.63) is 81.2 Å². The lowest BCUT2D eigenvalue weighted by Crippen LogP contribution is -2.14. The quantitative estimate of drug-likeness (QED) is 0.670. The fraction of sp³-hybridized carbons (Fsp3) is 0.111. The molecule has 4 heteroatoms. The third-order valence-electron chi connectivity index (χ3n) is 3.60. The minimum absolute atomic E-state index is 0. The second kappa shape index (κ2) is 6.16. The third kappa shape index (κ3) is 2.55. The van der Waals surface area contributed by atoms with E-state index in [1.165, 1.54) is 0 Å². The zero-order valence-corrected chi connectivity index (χ0v) is 13.1. The van der Waals surface area contributed by atoms with Gasteiger partial charge in [-0.3, -0.25) is 9.59 Å². The predicted octanol–water partition coefficient (Wildman–Crippen LogP) is 4.06. The lowest BCUT2D eigenvalue weighted by molar-refractivity contribution is 0.101. The van der Waals surface area contributed by atoms with Crippen LogP contribution in [0.2, 0.25) is 0 Å². The van der Waals surface area contributed by atoms with Crippen LogP contribution in [0.1, 0.15) is 27.2 Å². The molecule has 112 valence electrons. The Bertz CT molecular complexity index is 895. The molecule has 0 atom stereocenters. The molecule has 0 unspecified atom stereocenters. The van der Waals surface area contributed by atoms with Crippen molar-refractivity contribution in [3.8, 4) is 0 Å². The molecule has 0 fully saturated rings. The number of carbonyl (C=O) groups is 1. The molecule has 0 amide bonds. The van der Waals surface area contributed by atoms with Gasteiger partial charge < -0.3 is 4.42 Å². The first-order valence-corrected chi connectivity index (χ1v) is 6.72. The summed E-state index contributed by atoms with van der Waals surface area (Å²) in [5.41, 5.74) is 2.02. The van der Waals surface area contributed by atoms with E-state index in [9.17, 15) is 9.59 Å². The molecule has 0 aliphatic heterocycles. The monoisotopic (exact) mass is 314 g/mol. The van der Waals surface area contributed by atoms with Crippen LogP contribution >= 0.6 is 12.4 Å². The molecule has 0 bridgehead atoms. The molecule has 0 aliphatic rings. The zero-order chi connectivity index (χ0) is 15.0. The highest BCUT2D eigenvalue weighted by molar-refractivity contribution is 6.08. The molecule has 0 aliphatic carbocycles. The van der Waals surface area contributed by atoms with Crippen molar-refractivity contribution in [3.63, 3.8) is 0 Å². The van der Waals surface area contributed by atoms with Gasteiger partial charge in [0.2, 0.25) is 5.78 Å². The molecule has 3 aromatic rings. The topological polar surface area (TPSA) is 47.3 Å². The van der Waals surface area contributed by atoms with Gasteiger partial charge in [-0.15, -0.1) is 12.4 Å². The van der Waals surface area contributed by atoms with Gasteiger partial charge in [0, 0.05) is 11.1 Å². The molecule has 0 saturated carbocycles. The largest absolute Gasteiger partial charge is 0.452 e. The molecular weight excluding hydrogens is 300 g/mol. The van der Waals surface area contributed by atoms with E-state index in [0.717, 1.165) is 5.56 Å². The van der Waals surface area contributed by atoms with Crippen LogP contribution in [0.4, 0.5) is 0 Å². The molecule has 3 rings (SSSR count). The summed E-state index contributed by atoms with van der Waals surface area (Å²) in [6, 6.07) is 14.2. The Hall–Kier alpha value is -2.39. The van der Waals surface area contributed by atoms with E-state index in [4.69, 9.17) is 4.42 Å². The minimum atomic E-state index is -0.270. The smallest absolute Gasteiger partial charge is 0.228 e. The molecular formula is C18H15ClO3.